The van der Waals surface area contributed by atoms with Crippen LogP contribution in [0.25, 0.3) is 16.7 Å². The number of amides is 1. The summed E-state index contributed by atoms with van der Waals surface area (Å²) in [4.78, 5) is 24.1. The highest BCUT2D eigenvalue weighted by atomic mass is 16.7. The fourth-order valence-electron chi connectivity index (χ4n) is 4.68. The number of aryl methyl sites for hydroxylation is 1. The Labute approximate surface area is 202 Å². The molecule has 0 aliphatic carbocycles. The van der Waals surface area contributed by atoms with Gasteiger partial charge in [0.1, 0.15) is 12.1 Å². The van der Waals surface area contributed by atoms with Crippen molar-refractivity contribution in [1.82, 2.24) is 25.1 Å². The number of aromatic nitrogens is 4. The minimum atomic E-state index is -0.116. The van der Waals surface area contributed by atoms with E-state index in [2.05, 4.69) is 44.3 Å². The van der Waals surface area contributed by atoms with Crippen molar-refractivity contribution in [2.45, 2.75) is 26.3 Å². The Bertz CT molecular complexity index is 1380. The molecule has 0 bridgehead atoms. The average molecular weight is 471 g/mol. The maximum absolute atomic E-state index is 13.0. The Morgan fingerprint density at radius 3 is 2.86 bits per heavy atom. The number of carbonyl (C=O) groups is 1. The van der Waals surface area contributed by atoms with Crippen molar-refractivity contribution in [3.8, 4) is 17.2 Å². The molecule has 2 aliphatic rings. The van der Waals surface area contributed by atoms with Gasteiger partial charge in [0.15, 0.2) is 17.1 Å². The van der Waals surface area contributed by atoms with Crippen molar-refractivity contribution in [2.75, 3.05) is 24.8 Å². The van der Waals surface area contributed by atoms with Crippen LogP contribution in [0.1, 0.15) is 24.0 Å². The second-order valence-electron chi connectivity index (χ2n) is 9.03. The zero-order chi connectivity index (χ0) is 23.8. The van der Waals surface area contributed by atoms with E-state index in [1.54, 1.807) is 6.33 Å². The van der Waals surface area contributed by atoms with Crippen LogP contribution in [0.3, 0.4) is 0 Å². The van der Waals surface area contributed by atoms with E-state index in [0.717, 1.165) is 53.3 Å². The van der Waals surface area contributed by atoms with Crippen LogP contribution in [-0.2, 0) is 11.3 Å². The Balaban J connectivity index is 1.17. The second-order valence-corrected chi connectivity index (χ2v) is 9.03. The lowest BCUT2D eigenvalue weighted by Crippen LogP contribution is -2.43. The lowest BCUT2D eigenvalue weighted by Gasteiger charge is -2.33. The van der Waals surface area contributed by atoms with Crippen LogP contribution in [-0.4, -0.2) is 45.5 Å². The number of hydrogen-bond donors (Lipinski definition) is 1. The summed E-state index contributed by atoms with van der Waals surface area (Å²) in [6, 6.07) is 13.9. The van der Waals surface area contributed by atoms with Gasteiger partial charge in [0.05, 0.1) is 17.0 Å². The van der Waals surface area contributed by atoms with E-state index >= 15 is 0 Å². The van der Waals surface area contributed by atoms with Gasteiger partial charge in [-0.15, -0.1) is 5.10 Å². The third-order valence-electron chi connectivity index (χ3n) is 6.59. The number of nitrogens with zero attached hydrogens (tertiary/aromatic N) is 5. The molecule has 2 aliphatic heterocycles. The molecule has 9 heteroatoms. The highest BCUT2D eigenvalue weighted by molar-refractivity contribution is 5.87. The van der Waals surface area contributed by atoms with Crippen molar-refractivity contribution in [3.63, 3.8) is 0 Å². The molecule has 2 aromatic carbocycles. The molecule has 6 rings (SSSR count). The van der Waals surface area contributed by atoms with Gasteiger partial charge in [-0.3, -0.25) is 4.79 Å². The molecule has 0 saturated carbocycles. The molecule has 178 valence electrons. The third-order valence-corrected chi connectivity index (χ3v) is 6.59. The van der Waals surface area contributed by atoms with Crippen LogP contribution in [0.2, 0.25) is 0 Å². The lowest BCUT2D eigenvalue weighted by atomic mass is 9.97. The summed E-state index contributed by atoms with van der Waals surface area (Å²) in [5.74, 6) is 2.22. The van der Waals surface area contributed by atoms with E-state index in [1.165, 1.54) is 5.56 Å². The Morgan fingerprint density at radius 2 is 1.97 bits per heavy atom. The van der Waals surface area contributed by atoms with Crippen LogP contribution in [0, 0.1) is 12.8 Å². The number of hydrogen-bond acceptors (Lipinski definition) is 7. The first-order valence-corrected chi connectivity index (χ1v) is 11.8. The maximum atomic E-state index is 13.0. The number of fused-ring (bicyclic) bond motifs is 2. The van der Waals surface area contributed by atoms with Crippen molar-refractivity contribution in [1.29, 1.82) is 0 Å². The van der Waals surface area contributed by atoms with E-state index in [-0.39, 0.29) is 18.6 Å². The molecular weight excluding hydrogens is 444 g/mol. The minimum Gasteiger partial charge on any atom is -0.454 e. The predicted molar refractivity (Wildman–Crippen MR) is 131 cm³/mol. The van der Waals surface area contributed by atoms with Crippen molar-refractivity contribution in [3.05, 3.63) is 66.1 Å². The van der Waals surface area contributed by atoms with Gasteiger partial charge in [-0.05, 0) is 49.6 Å². The van der Waals surface area contributed by atoms with E-state index in [1.807, 2.05) is 41.2 Å². The first-order valence-electron chi connectivity index (χ1n) is 11.8. The zero-order valence-corrected chi connectivity index (χ0v) is 19.5. The van der Waals surface area contributed by atoms with Crippen LogP contribution in [0.15, 0.2) is 55.0 Å². The fourth-order valence-corrected chi connectivity index (χ4v) is 4.68. The van der Waals surface area contributed by atoms with Gasteiger partial charge in [0.25, 0.3) is 0 Å². The summed E-state index contributed by atoms with van der Waals surface area (Å²) in [5.41, 5.74) is 3.79. The van der Waals surface area contributed by atoms with E-state index < -0.39 is 0 Å². The number of benzene rings is 2. The molecule has 1 amide bonds. The molecule has 1 N–H and O–H groups in total. The molecule has 0 spiro atoms. The smallest absolute Gasteiger partial charge is 0.231 e. The van der Waals surface area contributed by atoms with Gasteiger partial charge in [-0.1, -0.05) is 23.8 Å². The number of ether oxygens (including phenoxy) is 2. The maximum Gasteiger partial charge on any atom is 0.231 e. The lowest BCUT2D eigenvalue weighted by molar-refractivity contribution is -0.125. The average Bonchev–Trinajstić information content (AvgIpc) is 3.54. The van der Waals surface area contributed by atoms with E-state index in [4.69, 9.17) is 9.47 Å². The molecule has 1 fully saturated rings. The van der Waals surface area contributed by atoms with Crippen LogP contribution >= 0.6 is 0 Å². The molecule has 0 radical (unpaired) electrons. The SMILES string of the molecule is Cc1ccc(-n2cc3c(N4CCC[C@@H](C(=O)NCc5ccc6c(c5)OCO6)C4)ncnc3n2)cc1. The highest BCUT2D eigenvalue weighted by Gasteiger charge is 2.28. The van der Waals surface area contributed by atoms with E-state index in [9.17, 15) is 4.79 Å². The normalized spacial score (nSPS) is 17.1. The fraction of sp³-hybridized carbons (Fsp3) is 0.308. The third kappa shape index (κ3) is 4.25. The van der Waals surface area contributed by atoms with Gasteiger partial charge in [-0.2, -0.15) is 0 Å². The number of rotatable bonds is 5. The largest absolute Gasteiger partial charge is 0.454 e. The van der Waals surface area contributed by atoms with Crippen LogP contribution < -0.4 is 19.7 Å². The van der Waals surface area contributed by atoms with Crippen LogP contribution in [0.4, 0.5) is 5.82 Å². The van der Waals surface area contributed by atoms with Gasteiger partial charge in [0, 0.05) is 25.8 Å². The summed E-state index contributed by atoms with van der Waals surface area (Å²) >= 11 is 0. The Kier molecular flexibility index (Phi) is 5.44. The van der Waals surface area contributed by atoms with Gasteiger partial charge in [-0.25, -0.2) is 14.6 Å². The topological polar surface area (TPSA) is 94.4 Å². The Morgan fingerprint density at radius 1 is 1.11 bits per heavy atom. The zero-order valence-electron chi connectivity index (χ0n) is 19.5. The van der Waals surface area contributed by atoms with Gasteiger partial charge < -0.3 is 19.7 Å². The molecule has 9 nitrogen and oxygen atoms in total. The first kappa shape index (κ1) is 21.4. The molecule has 1 atom stereocenters. The Hall–Kier alpha value is -4.14. The molecule has 4 aromatic rings. The summed E-state index contributed by atoms with van der Waals surface area (Å²) in [6.45, 7) is 4.20. The molecule has 4 heterocycles. The number of nitrogens with one attached hydrogen (secondary N) is 1. The summed E-state index contributed by atoms with van der Waals surface area (Å²) in [6.07, 6.45) is 5.28. The monoisotopic (exact) mass is 470 g/mol. The summed E-state index contributed by atoms with van der Waals surface area (Å²) < 4.78 is 12.6. The second kappa shape index (κ2) is 8.90. The molecule has 2 aromatic heterocycles. The molecule has 0 unspecified atom stereocenters. The number of anilines is 1. The highest BCUT2D eigenvalue weighted by Crippen LogP contribution is 2.32. The summed E-state index contributed by atoms with van der Waals surface area (Å²) in [5, 5.41) is 8.62. The number of carbonyl (C=O) groups excluding carboxylic acids is 1. The first-order chi connectivity index (χ1) is 17.1. The quantitative estimate of drug-likeness (QED) is 0.478. The van der Waals surface area contributed by atoms with Crippen molar-refractivity contribution in [2.24, 2.45) is 5.92 Å². The summed E-state index contributed by atoms with van der Waals surface area (Å²) in [7, 11) is 0. The van der Waals surface area contributed by atoms with Gasteiger partial charge in [0.2, 0.25) is 12.7 Å². The molecular formula is C26H26N6O3. The van der Waals surface area contributed by atoms with Crippen LogP contribution in [0.5, 0.6) is 11.5 Å². The van der Waals surface area contributed by atoms with Crippen molar-refractivity contribution < 1.29 is 14.3 Å². The van der Waals surface area contributed by atoms with E-state index in [0.29, 0.717) is 18.7 Å². The molecule has 1 saturated heterocycles. The minimum absolute atomic E-state index is 0.0491. The van der Waals surface area contributed by atoms with Crippen molar-refractivity contribution >= 4 is 22.8 Å². The number of piperidine rings is 1. The van der Waals surface area contributed by atoms with Gasteiger partial charge >= 0.3 is 0 Å². The standard InChI is InChI=1S/C26H26N6O3/c1-17-4-7-20(8-5-17)32-14-21-24(30-32)28-15-29-25(21)31-10-2-3-19(13-31)26(33)27-12-18-6-9-22-23(11-18)35-16-34-22/h4-9,11,14-15,19H,2-3,10,12-13,16H2,1H3,(H,27,33)/t19-/m1/s1. The predicted octanol–water partition coefficient (Wildman–Crippen LogP) is 3.39. The molecule has 35 heavy (non-hydrogen) atoms.